The van der Waals surface area contributed by atoms with Crippen LogP contribution in [-0.2, 0) is 14.2 Å². The number of amides is 1. The van der Waals surface area contributed by atoms with Crippen LogP contribution >= 0.6 is 0 Å². The topological polar surface area (TPSA) is 178 Å². The molecule has 4 rings (SSSR count). The van der Waals surface area contributed by atoms with Crippen LogP contribution in [0.5, 0.6) is 0 Å². The lowest BCUT2D eigenvalue weighted by atomic mass is 9.85. The standard InChI is InChI=1S/C27H35NO10/c1-13-18(11-29)36-25(23(34)24(13)38-27-22(33)21(32)20(31)19(12-30)37-27)17-5-3-4-16(10-17)14-6-8-15(9-7-14)26(35)28-2/h3-10,13,18-25,27,29-34H,11-12H2,1-2H3,(H,28,35). The average Bonchev–Trinajstić information content (AvgIpc) is 2.95. The van der Waals surface area contributed by atoms with E-state index in [1.54, 1.807) is 38.2 Å². The molecular formula is C27H35NO10. The van der Waals surface area contributed by atoms with E-state index in [-0.39, 0.29) is 12.5 Å². The lowest BCUT2D eigenvalue weighted by molar-refractivity contribution is -0.336. The summed E-state index contributed by atoms with van der Waals surface area (Å²) >= 11 is 0. The maximum atomic E-state index is 11.9. The molecule has 0 spiro atoms. The molecule has 2 aromatic rings. The van der Waals surface area contributed by atoms with E-state index in [0.29, 0.717) is 11.1 Å². The normalized spacial score (nSPS) is 35.6. The summed E-state index contributed by atoms with van der Waals surface area (Å²) in [4.78, 5) is 11.9. The van der Waals surface area contributed by atoms with Gasteiger partial charge in [-0.1, -0.05) is 37.3 Å². The highest BCUT2D eigenvalue weighted by atomic mass is 16.7. The van der Waals surface area contributed by atoms with Crippen molar-refractivity contribution in [1.82, 2.24) is 5.32 Å². The van der Waals surface area contributed by atoms with Crippen LogP contribution in [-0.4, -0.2) is 106 Å². The summed E-state index contributed by atoms with van der Waals surface area (Å²) in [6, 6.07) is 14.3. The van der Waals surface area contributed by atoms with Gasteiger partial charge in [-0.25, -0.2) is 0 Å². The van der Waals surface area contributed by atoms with Gasteiger partial charge in [0.25, 0.3) is 5.91 Å². The van der Waals surface area contributed by atoms with Gasteiger partial charge >= 0.3 is 0 Å². The van der Waals surface area contributed by atoms with E-state index in [4.69, 9.17) is 14.2 Å². The predicted octanol–water partition coefficient (Wildman–Crippen LogP) is -0.672. The largest absolute Gasteiger partial charge is 0.394 e. The summed E-state index contributed by atoms with van der Waals surface area (Å²) in [5.74, 6) is -0.738. The smallest absolute Gasteiger partial charge is 0.251 e. The minimum absolute atomic E-state index is 0.196. The first kappa shape index (κ1) is 28.6. The van der Waals surface area contributed by atoms with Crippen LogP contribution in [0.4, 0.5) is 0 Å². The highest BCUT2D eigenvalue weighted by Crippen LogP contribution is 2.39. The molecule has 11 heteroatoms. The zero-order valence-corrected chi connectivity index (χ0v) is 21.1. The molecule has 10 atom stereocenters. The molecule has 208 valence electrons. The van der Waals surface area contributed by atoms with Crippen LogP contribution < -0.4 is 5.32 Å². The Bertz CT molecular complexity index is 1080. The lowest BCUT2D eigenvalue weighted by Crippen LogP contribution is -2.62. The van der Waals surface area contributed by atoms with Crippen molar-refractivity contribution in [3.05, 3.63) is 59.7 Å². The second kappa shape index (κ2) is 12.2. The third kappa shape index (κ3) is 5.62. The first-order valence-corrected chi connectivity index (χ1v) is 12.5. The second-order valence-corrected chi connectivity index (χ2v) is 9.71. The Kier molecular flexibility index (Phi) is 9.14. The van der Waals surface area contributed by atoms with Crippen molar-refractivity contribution < 1.29 is 49.6 Å². The van der Waals surface area contributed by atoms with Gasteiger partial charge in [0, 0.05) is 18.5 Å². The lowest BCUT2D eigenvalue weighted by Gasteiger charge is -2.47. The number of aliphatic hydroxyl groups is 6. The van der Waals surface area contributed by atoms with E-state index < -0.39 is 67.6 Å². The van der Waals surface area contributed by atoms with Crippen LogP contribution in [0.25, 0.3) is 11.1 Å². The predicted molar refractivity (Wildman–Crippen MR) is 134 cm³/mol. The highest BCUT2D eigenvalue weighted by molar-refractivity contribution is 5.94. The van der Waals surface area contributed by atoms with Gasteiger partial charge in [0.05, 0.1) is 25.4 Å². The zero-order chi connectivity index (χ0) is 27.6. The number of hydrogen-bond donors (Lipinski definition) is 7. The third-order valence-electron chi connectivity index (χ3n) is 7.32. The van der Waals surface area contributed by atoms with Crippen molar-refractivity contribution >= 4 is 5.91 Å². The quantitative estimate of drug-likeness (QED) is 0.241. The summed E-state index contributed by atoms with van der Waals surface area (Å²) in [7, 11) is 1.56. The van der Waals surface area contributed by atoms with Gasteiger partial charge in [-0.05, 0) is 34.9 Å². The van der Waals surface area contributed by atoms with Gasteiger partial charge in [-0.15, -0.1) is 0 Å². The van der Waals surface area contributed by atoms with E-state index in [2.05, 4.69) is 5.32 Å². The van der Waals surface area contributed by atoms with E-state index in [1.807, 2.05) is 24.3 Å². The molecule has 0 aromatic heterocycles. The molecule has 2 fully saturated rings. The van der Waals surface area contributed by atoms with Gasteiger partial charge in [0.1, 0.15) is 36.6 Å². The Labute approximate surface area is 220 Å². The summed E-state index contributed by atoms with van der Waals surface area (Å²) in [5, 5.41) is 64.0. The van der Waals surface area contributed by atoms with Crippen LogP contribution in [0, 0.1) is 5.92 Å². The molecular weight excluding hydrogens is 498 g/mol. The van der Waals surface area contributed by atoms with Gasteiger partial charge < -0.3 is 50.2 Å². The Hall–Kier alpha value is -2.45. The molecule has 0 radical (unpaired) electrons. The fourth-order valence-corrected chi connectivity index (χ4v) is 4.97. The van der Waals surface area contributed by atoms with E-state index in [1.165, 1.54) is 0 Å². The number of benzene rings is 2. The molecule has 2 aliphatic rings. The average molecular weight is 534 g/mol. The molecule has 10 unspecified atom stereocenters. The molecule has 0 aliphatic carbocycles. The number of ether oxygens (including phenoxy) is 3. The van der Waals surface area contributed by atoms with Crippen molar-refractivity contribution in [3.63, 3.8) is 0 Å². The minimum Gasteiger partial charge on any atom is -0.394 e. The zero-order valence-electron chi connectivity index (χ0n) is 21.1. The number of rotatable bonds is 7. The third-order valence-corrected chi connectivity index (χ3v) is 7.32. The molecule has 1 amide bonds. The molecule has 2 saturated heterocycles. The molecule has 2 aromatic carbocycles. The van der Waals surface area contributed by atoms with Crippen molar-refractivity contribution in [2.45, 2.75) is 62.0 Å². The van der Waals surface area contributed by atoms with Crippen LogP contribution in [0.2, 0.25) is 0 Å². The fourth-order valence-electron chi connectivity index (χ4n) is 4.97. The van der Waals surface area contributed by atoms with Crippen LogP contribution in [0.15, 0.2) is 48.5 Å². The molecule has 38 heavy (non-hydrogen) atoms. The number of aliphatic hydroxyl groups excluding tert-OH is 6. The number of hydrogen-bond acceptors (Lipinski definition) is 10. The molecule has 7 N–H and O–H groups in total. The molecule has 2 aliphatic heterocycles. The van der Waals surface area contributed by atoms with E-state index in [0.717, 1.165) is 11.1 Å². The van der Waals surface area contributed by atoms with Crippen LogP contribution in [0.1, 0.15) is 28.9 Å². The maximum Gasteiger partial charge on any atom is 0.251 e. The summed E-state index contributed by atoms with van der Waals surface area (Å²) in [5.41, 5.74) is 2.78. The summed E-state index contributed by atoms with van der Waals surface area (Å²) in [6.45, 7) is 0.731. The highest BCUT2D eigenvalue weighted by Gasteiger charge is 2.49. The Balaban J connectivity index is 1.58. The number of nitrogens with one attached hydrogen (secondary N) is 1. The van der Waals surface area contributed by atoms with Gasteiger partial charge in [0.15, 0.2) is 6.29 Å². The Morgan fingerprint density at radius 1 is 0.868 bits per heavy atom. The fraction of sp³-hybridized carbons (Fsp3) is 0.519. The molecule has 0 bridgehead atoms. The summed E-state index contributed by atoms with van der Waals surface area (Å²) < 4.78 is 17.5. The van der Waals surface area contributed by atoms with E-state index >= 15 is 0 Å². The Morgan fingerprint density at radius 2 is 1.55 bits per heavy atom. The van der Waals surface area contributed by atoms with Crippen molar-refractivity contribution in [2.75, 3.05) is 20.3 Å². The van der Waals surface area contributed by atoms with Gasteiger partial charge in [-0.3, -0.25) is 4.79 Å². The minimum atomic E-state index is -1.64. The molecule has 0 saturated carbocycles. The Morgan fingerprint density at radius 3 is 2.18 bits per heavy atom. The van der Waals surface area contributed by atoms with Crippen molar-refractivity contribution in [2.24, 2.45) is 5.92 Å². The van der Waals surface area contributed by atoms with Gasteiger partial charge in [0.2, 0.25) is 0 Å². The molecule has 2 heterocycles. The monoisotopic (exact) mass is 533 g/mol. The SMILES string of the molecule is CNC(=O)c1ccc(-c2cccc(C3OC(CO)C(C)C(OC4OC(CO)C(O)C(O)C4O)C3O)c2)cc1. The second-order valence-electron chi connectivity index (χ2n) is 9.71. The van der Waals surface area contributed by atoms with Crippen molar-refractivity contribution in [1.29, 1.82) is 0 Å². The van der Waals surface area contributed by atoms with Gasteiger partial charge in [-0.2, -0.15) is 0 Å². The van der Waals surface area contributed by atoms with Crippen LogP contribution in [0.3, 0.4) is 0 Å². The maximum absolute atomic E-state index is 11.9. The molecule has 11 nitrogen and oxygen atoms in total. The van der Waals surface area contributed by atoms with Crippen molar-refractivity contribution in [3.8, 4) is 11.1 Å². The summed E-state index contributed by atoms with van der Waals surface area (Å²) in [6.07, 6.45) is -11.3. The first-order chi connectivity index (χ1) is 18.2. The van der Waals surface area contributed by atoms with E-state index in [9.17, 15) is 35.4 Å². The number of carbonyl (C=O) groups is 1. The number of carbonyl (C=O) groups excluding carboxylic acids is 1. The first-order valence-electron chi connectivity index (χ1n) is 12.5.